The summed E-state index contributed by atoms with van der Waals surface area (Å²) in [6.45, 7) is 1.78. The zero-order valence-electron chi connectivity index (χ0n) is 14.6. The predicted octanol–water partition coefficient (Wildman–Crippen LogP) is 3.20. The maximum atomic E-state index is 12.5. The van der Waals surface area contributed by atoms with Crippen molar-refractivity contribution >= 4 is 22.6 Å². The molecule has 0 saturated carbocycles. The summed E-state index contributed by atoms with van der Waals surface area (Å²) in [4.78, 5) is 35.3. The summed E-state index contributed by atoms with van der Waals surface area (Å²) in [6, 6.07) is 12.5. The van der Waals surface area contributed by atoms with Crippen molar-refractivity contribution in [2.45, 2.75) is 13.0 Å². The highest BCUT2D eigenvalue weighted by Crippen LogP contribution is 2.30. The Morgan fingerprint density at radius 1 is 1.22 bits per heavy atom. The van der Waals surface area contributed by atoms with Crippen molar-refractivity contribution in [3.63, 3.8) is 0 Å². The zero-order chi connectivity index (χ0) is 19.6. The largest absolute Gasteiger partial charge is 0.493 e. The van der Waals surface area contributed by atoms with Crippen LogP contribution >= 0.6 is 0 Å². The van der Waals surface area contributed by atoms with Crippen LogP contribution in [-0.2, 0) is 0 Å². The van der Waals surface area contributed by atoms with Gasteiger partial charge < -0.3 is 14.5 Å². The molecule has 1 atom stereocenters. The lowest BCUT2D eigenvalue weighted by Crippen LogP contribution is -2.30. The van der Waals surface area contributed by atoms with Crippen molar-refractivity contribution in [3.8, 4) is 5.75 Å². The van der Waals surface area contributed by atoms with Gasteiger partial charge in [-0.2, -0.15) is 0 Å². The predicted molar refractivity (Wildman–Crippen MR) is 98.0 cm³/mol. The van der Waals surface area contributed by atoms with Crippen molar-refractivity contribution in [2.75, 3.05) is 7.11 Å². The van der Waals surface area contributed by atoms with E-state index in [1.807, 2.05) is 30.3 Å². The second-order valence-corrected chi connectivity index (χ2v) is 5.88. The van der Waals surface area contributed by atoms with Gasteiger partial charge in [-0.3, -0.25) is 14.9 Å². The molecule has 0 bridgehead atoms. The molecule has 3 aromatic rings. The van der Waals surface area contributed by atoms with Crippen LogP contribution in [0.3, 0.4) is 0 Å². The fourth-order valence-corrected chi connectivity index (χ4v) is 2.70. The number of hydrogen-bond donors (Lipinski definition) is 1. The van der Waals surface area contributed by atoms with Gasteiger partial charge in [-0.05, 0) is 18.6 Å². The van der Waals surface area contributed by atoms with Gasteiger partial charge in [-0.1, -0.05) is 30.3 Å². The van der Waals surface area contributed by atoms with E-state index in [4.69, 9.17) is 9.15 Å². The smallest absolute Gasteiger partial charge is 0.349 e. The van der Waals surface area contributed by atoms with Gasteiger partial charge >= 0.3 is 5.63 Å². The van der Waals surface area contributed by atoms with E-state index in [9.17, 15) is 19.7 Å². The Kier molecular flexibility index (Phi) is 4.89. The number of non-ortho nitro benzene ring substituents is 1. The maximum absolute atomic E-state index is 12.5. The molecule has 27 heavy (non-hydrogen) atoms. The van der Waals surface area contributed by atoms with Crippen molar-refractivity contribution in [1.82, 2.24) is 5.32 Å². The molecule has 0 fully saturated rings. The maximum Gasteiger partial charge on any atom is 0.349 e. The van der Waals surface area contributed by atoms with Crippen LogP contribution in [0, 0.1) is 10.1 Å². The first kappa shape index (κ1) is 18.1. The number of methoxy groups -OCH3 is 1. The molecule has 0 aliphatic heterocycles. The van der Waals surface area contributed by atoms with Crippen molar-refractivity contribution in [2.24, 2.45) is 0 Å². The average Bonchev–Trinajstić information content (AvgIpc) is 2.67. The number of carbonyl (C=O) groups excluding carboxylic acids is 1. The van der Waals surface area contributed by atoms with Gasteiger partial charge in [0, 0.05) is 11.5 Å². The minimum atomic E-state index is -0.854. The highest BCUT2D eigenvalue weighted by molar-refractivity contribution is 5.98. The van der Waals surface area contributed by atoms with E-state index < -0.39 is 16.5 Å². The van der Waals surface area contributed by atoms with Crippen LogP contribution in [0.4, 0.5) is 5.69 Å². The van der Waals surface area contributed by atoms with Gasteiger partial charge in [0.15, 0.2) is 11.3 Å². The minimum absolute atomic E-state index is 0.0424. The molecule has 0 spiro atoms. The molecule has 1 aromatic heterocycles. The Bertz CT molecular complexity index is 1070. The molecule has 0 saturated heterocycles. The number of benzene rings is 2. The fourth-order valence-electron chi connectivity index (χ4n) is 2.70. The van der Waals surface area contributed by atoms with Gasteiger partial charge in [0.25, 0.3) is 11.6 Å². The third-order valence-electron chi connectivity index (χ3n) is 4.11. The molecule has 1 unspecified atom stereocenters. The van der Waals surface area contributed by atoms with E-state index in [0.29, 0.717) is 0 Å². The number of hydrogen-bond acceptors (Lipinski definition) is 6. The van der Waals surface area contributed by atoms with Crippen LogP contribution in [0.25, 0.3) is 11.0 Å². The summed E-state index contributed by atoms with van der Waals surface area (Å²) >= 11 is 0. The van der Waals surface area contributed by atoms with E-state index in [1.54, 1.807) is 6.92 Å². The third-order valence-corrected chi connectivity index (χ3v) is 4.11. The lowest BCUT2D eigenvalue weighted by molar-refractivity contribution is -0.384. The van der Waals surface area contributed by atoms with Crippen LogP contribution in [-0.4, -0.2) is 17.9 Å². The number of rotatable bonds is 5. The van der Waals surface area contributed by atoms with Gasteiger partial charge in [0.2, 0.25) is 0 Å². The molecule has 1 heterocycles. The first-order valence-electron chi connectivity index (χ1n) is 8.07. The van der Waals surface area contributed by atoms with Gasteiger partial charge in [0.05, 0.1) is 24.1 Å². The Balaban J connectivity index is 2.01. The number of amides is 1. The zero-order valence-corrected chi connectivity index (χ0v) is 14.6. The van der Waals surface area contributed by atoms with Crippen LogP contribution in [0.5, 0.6) is 5.75 Å². The topological polar surface area (TPSA) is 112 Å². The molecule has 8 heteroatoms. The molecule has 1 N–H and O–H groups in total. The molecule has 0 radical (unpaired) electrons. The van der Waals surface area contributed by atoms with Crippen molar-refractivity contribution in [3.05, 3.63) is 80.2 Å². The van der Waals surface area contributed by atoms with E-state index in [1.165, 1.54) is 19.2 Å². The molecule has 8 nitrogen and oxygen atoms in total. The van der Waals surface area contributed by atoms with Gasteiger partial charge in [-0.15, -0.1) is 0 Å². The molecule has 2 aromatic carbocycles. The van der Waals surface area contributed by atoms with Crippen LogP contribution in [0.1, 0.15) is 28.9 Å². The van der Waals surface area contributed by atoms with Crippen LogP contribution in [0.15, 0.2) is 57.7 Å². The highest BCUT2D eigenvalue weighted by atomic mass is 16.6. The molecule has 3 rings (SSSR count). The van der Waals surface area contributed by atoms with Gasteiger partial charge in [-0.25, -0.2) is 4.79 Å². The lowest BCUT2D eigenvalue weighted by atomic mass is 10.1. The summed E-state index contributed by atoms with van der Waals surface area (Å²) in [7, 11) is 1.31. The SMILES string of the molecule is COc1cc([N+](=O)[O-])cc2cc(C(=O)NC(C)c3ccccc3)c(=O)oc12. The third kappa shape index (κ3) is 3.64. The lowest BCUT2D eigenvalue weighted by Gasteiger charge is -2.14. The quantitative estimate of drug-likeness (QED) is 0.420. The standard InChI is InChI=1S/C19H16N2O6/c1-11(12-6-4-3-5-7-12)20-18(22)15-9-13-8-14(21(24)25)10-16(26-2)17(13)27-19(15)23/h3-11H,1-2H3,(H,20,22). The molecule has 138 valence electrons. The second-order valence-electron chi connectivity index (χ2n) is 5.88. The normalized spacial score (nSPS) is 11.8. The summed E-state index contributed by atoms with van der Waals surface area (Å²) in [5, 5.41) is 14.0. The molecule has 1 amide bonds. The summed E-state index contributed by atoms with van der Waals surface area (Å²) in [5.41, 5.74) is -0.424. The van der Waals surface area contributed by atoms with Crippen LogP contribution in [0.2, 0.25) is 0 Å². The van der Waals surface area contributed by atoms with Crippen molar-refractivity contribution < 1.29 is 18.9 Å². The van der Waals surface area contributed by atoms with E-state index in [-0.39, 0.29) is 34.0 Å². The number of ether oxygens (including phenoxy) is 1. The van der Waals surface area contributed by atoms with Crippen LogP contribution < -0.4 is 15.7 Å². The molecule has 0 aliphatic carbocycles. The van der Waals surface area contributed by atoms with E-state index >= 15 is 0 Å². The summed E-state index contributed by atoms with van der Waals surface area (Å²) in [6.07, 6.45) is 0. The van der Waals surface area contributed by atoms with Gasteiger partial charge in [0.1, 0.15) is 5.56 Å². The summed E-state index contributed by atoms with van der Waals surface area (Å²) < 4.78 is 10.3. The molecular formula is C19H16N2O6. The Morgan fingerprint density at radius 3 is 2.56 bits per heavy atom. The van der Waals surface area contributed by atoms with Crippen molar-refractivity contribution in [1.29, 1.82) is 0 Å². The minimum Gasteiger partial charge on any atom is -0.493 e. The molecular weight excluding hydrogens is 352 g/mol. The summed E-state index contributed by atoms with van der Waals surface area (Å²) in [5.74, 6) is -0.589. The fraction of sp³-hybridized carbons (Fsp3) is 0.158. The Labute approximate surface area is 153 Å². The number of carbonyl (C=O) groups is 1. The van der Waals surface area contributed by atoms with E-state index in [2.05, 4.69) is 5.32 Å². The molecule has 0 aliphatic rings. The van der Waals surface area contributed by atoms with E-state index in [0.717, 1.165) is 11.6 Å². The number of nitrogens with zero attached hydrogens (tertiary/aromatic N) is 1. The Morgan fingerprint density at radius 2 is 1.93 bits per heavy atom. The Hall–Kier alpha value is -3.68. The first-order valence-corrected chi connectivity index (χ1v) is 8.07. The number of fused-ring (bicyclic) bond motifs is 1. The monoisotopic (exact) mass is 368 g/mol. The second kappa shape index (κ2) is 7.28. The first-order chi connectivity index (χ1) is 12.9. The highest BCUT2D eigenvalue weighted by Gasteiger charge is 2.20. The average molecular weight is 368 g/mol. The number of nitrogens with one attached hydrogen (secondary N) is 1. The number of nitro groups is 1. The number of nitro benzene ring substituents is 1.